The molecule has 1 heterocycles. The maximum Gasteiger partial charge on any atom is 0.225 e. The fraction of sp³-hybridized carbons (Fsp3) is 0.758. The van der Waals surface area contributed by atoms with Crippen LogP contribution < -0.4 is 5.32 Å². The third kappa shape index (κ3) is 13.0. The van der Waals surface area contributed by atoms with Crippen LogP contribution in [0.4, 0.5) is 0 Å². The Balaban J connectivity index is 1.57. The van der Waals surface area contributed by atoms with Crippen molar-refractivity contribution < 1.29 is 4.79 Å². The van der Waals surface area contributed by atoms with Gasteiger partial charge in [-0.2, -0.15) is 0 Å². The van der Waals surface area contributed by atoms with Crippen molar-refractivity contribution in [1.29, 1.82) is 0 Å². The molecule has 1 aromatic heterocycles. The van der Waals surface area contributed by atoms with Crippen LogP contribution in [0.3, 0.4) is 0 Å². The number of rotatable bonds is 21. The van der Waals surface area contributed by atoms with E-state index in [-0.39, 0.29) is 11.3 Å². The van der Waals surface area contributed by atoms with Gasteiger partial charge < -0.3 is 9.88 Å². The lowest BCUT2D eigenvalue weighted by Crippen LogP contribution is -2.35. The maximum absolute atomic E-state index is 12.1. The van der Waals surface area contributed by atoms with Crippen LogP contribution in [0.1, 0.15) is 143 Å². The van der Waals surface area contributed by atoms with Crippen LogP contribution in [0.15, 0.2) is 24.3 Å². The summed E-state index contributed by atoms with van der Waals surface area (Å²) in [5.41, 5.74) is 2.00. The molecular weight excluding hydrogens is 454 g/mol. The van der Waals surface area contributed by atoms with Crippen LogP contribution in [0.25, 0.3) is 11.0 Å². The van der Waals surface area contributed by atoms with E-state index >= 15 is 0 Å². The predicted octanol–water partition coefficient (Wildman–Crippen LogP) is 9.39. The third-order valence-corrected chi connectivity index (χ3v) is 7.51. The second-order valence-corrected chi connectivity index (χ2v) is 12.1. The number of benzene rings is 1. The Kier molecular flexibility index (Phi) is 15.6. The summed E-state index contributed by atoms with van der Waals surface area (Å²) in [5, 5.41) is 3.07. The number of hydrogen-bond donors (Lipinski definition) is 1. The van der Waals surface area contributed by atoms with Gasteiger partial charge in [-0.05, 0) is 25.0 Å². The molecule has 0 saturated heterocycles. The van der Waals surface area contributed by atoms with Crippen molar-refractivity contribution in [3.05, 3.63) is 30.1 Å². The van der Waals surface area contributed by atoms with Crippen LogP contribution in [0.5, 0.6) is 0 Å². The molecule has 0 aliphatic rings. The van der Waals surface area contributed by atoms with Crippen LogP contribution >= 0.6 is 0 Å². The van der Waals surface area contributed by atoms with Crippen molar-refractivity contribution in [3.8, 4) is 0 Å². The highest BCUT2D eigenvalue weighted by molar-refractivity contribution is 5.81. The molecule has 0 unspecified atom stereocenters. The van der Waals surface area contributed by atoms with Crippen molar-refractivity contribution in [2.24, 2.45) is 5.41 Å². The van der Waals surface area contributed by atoms with Crippen molar-refractivity contribution >= 4 is 16.9 Å². The van der Waals surface area contributed by atoms with Crippen LogP contribution in [0, 0.1) is 5.41 Å². The highest BCUT2D eigenvalue weighted by Gasteiger charge is 2.20. The maximum atomic E-state index is 12.1. The molecule has 0 aliphatic heterocycles. The highest BCUT2D eigenvalue weighted by Crippen LogP contribution is 2.19. The average molecular weight is 512 g/mol. The molecule has 1 N–H and O–H groups in total. The number of carbonyl (C=O) groups excluding carboxylic acids is 1. The van der Waals surface area contributed by atoms with Gasteiger partial charge in [-0.15, -0.1) is 0 Å². The number of hydrogen-bond acceptors (Lipinski definition) is 2. The lowest BCUT2D eigenvalue weighted by atomic mass is 9.96. The van der Waals surface area contributed by atoms with Gasteiger partial charge in [0.2, 0.25) is 5.91 Å². The second-order valence-electron chi connectivity index (χ2n) is 12.1. The molecule has 0 radical (unpaired) electrons. The quantitative estimate of drug-likeness (QED) is 0.170. The molecule has 0 spiro atoms. The molecule has 0 saturated carbocycles. The summed E-state index contributed by atoms with van der Waals surface area (Å²) in [6.07, 6.45) is 24.2. The number of fused-ring (bicyclic) bond motifs is 1. The number of nitrogens with one attached hydrogen (secondary N) is 1. The SMILES string of the molecule is CCCCCCCCCCCCCCCCCCn1c(CCCNC(=O)C(C)(C)C)nc2ccccc21. The Hall–Kier alpha value is -1.84. The zero-order valence-corrected chi connectivity index (χ0v) is 24.8. The number of para-hydroxylation sites is 2. The average Bonchev–Trinajstić information content (AvgIpc) is 3.23. The van der Waals surface area contributed by atoms with Gasteiger partial charge in [-0.1, -0.05) is 136 Å². The van der Waals surface area contributed by atoms with Gasteiger partial charge in [-0.25, -0.2) is 4.98 Å². The molecule has 210 valence electrons. The Labute approximate surface area is 228 Å². The fourth-order valence-electron chi connectivity index (χ4n) is 5.10. The topological polar surface area (TPSA) is 46.9 Å². The zero-order chi connectivity index (χ0) is 26.8. The van der Waals surface area contributed by atoms with E-state index in [2.05, 4.69) is 41.1 Å². The van der Waals surface area contributed by atoms with Gasteiger partial charge in [0.1, 0.15) is 5.82 Å². The van der Waals surface area contributed by atoms with E-state index in [1.165, 1.54) is 108 Å². The van der Waals surface area contributed by atoms with E-state index < -0.39 is 0 Å². The zero-order valence-electron chi connectivity index (χ0n) is 24.8. The van der Waals surface area contributed by atoms with Gasteiger partial charge >= 0.3 is 0 Å². The normalized spacial score (nSPS) is 11.9. The van der Waals surface area contributed by atoms with Crippen LogP contribution in [-0.4, -0.2) is 22.0 Å². The summed E-state index contributed by atoms with van der Waals surface area (Å²) < 4.78 is 2.42. The lowest BCUT2D eigenvalue weighted by Gasteiger charge is -2.17. The highest BCUT2D eigenvalue weighted by atomic mass is 16.2. The first-order valence-corrected chi connectivity index (χ1v) is 15.7. The first-order chi connectivity index (χ1) is 17.9. The van der Waals surface area contributed by atoms with E-state index in [0.717, 1.165) is 30.7 Å². The molecule has 4 heteroatoms. The molecular formula is C33H57N3O. The predicted molar refractivity (Wildman–Crippen MR) is 160 cm³/mol. The van der Waals surface area contributed by atoms with E-state index in [0.29, 0.717) is 6.54 Å². The standard InChI is InChI=1S/C33H57N3O/c1-5-6-7-8-9-10-11-12-13-14-15-16-17-18-19-22-28-36-30-25-21-20-24-29(30)35-31(36)26-23-27-34-32(37)33(2,3)4/h20-21,24-25H,5-19,22-23,26-28H2,1-4H3,(H,34,37). The first-order valence-electron chi connectivity index (χ1n) is 15.7. The minimum absolute atomic E-state index is 0.120. The van der Waals surface area contributed by atoms with E-state index in [4.69, 9.17) is 4.98 Å². The van der Waals surface area contributed by atoms with Crippen molar-refractivity contribution in [2.45, 2.75) is 150 Å². The van der Waals surface area contributed by atoms with Gasteiger partial charge in [0, 0.05) is 24.9 Å². The summed E-state index contributed by atoms with van der Waals surface area (Å²) in [5.74, 6) is 1.28. The molecule has 0 aliphatic carbocycles. The Morgan fingerprint density at radius 3 is 1.81 bits per heavy atom. The van der Waals surface area contributed by atoms with Gasteiger partial charge in [-0.3, -0.25) is 4.79 Å². The number of nitrogens with zero attached hydrogens (tertiary/aromatic N) is 2. The number of imidazole rings is 1. The summed E-state index contributed by atoms with van der Waals surface area (Å²) in [6.45, 7) is 9.92. The largest absolute Gasteiger partial charge is 0.356 e. The molecule has 0 fully saturated rings. The molecule has 4 nitrogen and oxygen atoms in total. The van der Waals surface area contributed by atoms with Crippen molar-refractivity contribution in [3.63, 3.8) is 0 Å². The van der Waals surface area contributed by atoms with E-state index in [1.807, 2.05) is 20.8 Å². The number of aromatic nitrogens is 2. The summed E-state index contributed by atoms with van der Waals surface area (Å²) in [7, 11) is 0. The first kappa shape index (κ1) is 31.4. The summed E-state index contributed by atoms with van der Waals surface area (Å²) in [4.78, 5) is 17.0. The molecule has 0 bridgehead atoms. The summed E-state index contributed by atoms with van der Waals surface area (Å²) in [6, 6.07) is 8.49. The Morgan fingerprint density at radius 2 is 1.27 bits per heavy atom. The van der Waals surface area contributed by atoms with Crippen molar-refractivity contribution in [1.82, 2.24) is 14.9 Å². The van der Waals surface area contributed by atoms with Gasteiger partial charge in [0.05, 0.1) is 11.0 Å². The molecule has 1 aromatic carbocycles. The van der Waals surface area contributed by atoms with E-state index in [1.54, 1.807) is 0 Å². The minimum Gasteiger partial charge on any atom is -0.356 e. The molecule has 37 heavy (non-hydrogen) atoms. The fourth-order valence-corrected chi connectivity index (χ4v) is 5.10. The van der Waals surface area contributed by atoms with Crippen LogP contribution in [0.2, 0.25) is 0 Å². The number of amides is 1. The van der Waals surface area contributed by atoms with Crippen molar-refractivity contribution in [2.75, 3.05) is 6.54 Å². The van der Waals surface area contributed by atoms with Gasteiger partial charge in [0.25, 0.3) is 0 Å². The molecule has 2 aromatic rings. The second kappa shape index (κ2) is 18.4. The smallest absolute Gasteiger partial charge is 0.225 e. The molecule has 1 amide bonds. The molecule has 2 rings (SSSR count). The lowest BCUT2D eigenvalue weighted by molar-refractivity contribution is -0.128. The van der Waals surface area contributed by atoms with Gasteiger partial charge in [0.15, 0.2) is 0 Å². The van der Waals surface area contributed by atoms with E-state index in [9.17, 15) is 4.79 Å². The summed E-state index contributed by atoms with van der Waals surface area (Å²) >= 11 is 0. The van der Waals surface area contributed by atoms with Crippen LogP contribution in [-0.2, 0) is 17.8 Å². The number of aryl methyl sites for hydroxylation is 2. The number of carbonyl (C=O) groups is 1. The third-order valence-electron chi connectivity index (χ3n) is 7.51. The number of unbranched alkanes of at least 4 members (excludes halogenated alkanes) is 15. The molecule has 0 atom stereocenters. The monoisotopic (exact) mass is 511 g/mol. The Bertz CT molecular complexity index is 864. The Morgan fingerprint density at radius 1 is 0.757 bits per heavy atom. The minimum atomic E-state index is -0.333.